The number of halogens is 1. The van der Waals surface area contributed by atoms with Crippen LogP contribution in [-0.2, 0) is 6.54 Å². The molecule has 4 nitrogen and oxygen atoms in total. The number of aliphatic imine (C=N–C) groups is 1. The van der Waals surface area contributed by atoms with Gasteiger partial charge in [0.25, 0.3) is 0 Å². The molecule has 0 aliphatic heterocycles. The zero-order valence-electron chi connectivity index (χ0n) is 15.9. The van der Waals surface area contributed by atoms with Crippen molar-refractivity contribution in [1.82, 2.24) is 9.55 Å². The molecule has 0 saturated carbocycles. The molecule has 28 heavy (non-hydrogen) atoms. The highest BCUT2D eigenvalue weighted by Gasteiger charge is 2.10. The zero-order valence-corrected chi connectivity index (χ0v) is 16.6. The fraction of sp³-hybridized carbons (Fsp3) is 0.130. The monoisotopic (exact) mass is 388 g/mol. The van der Waals surface area contributed by atoms with Crippen LogP contribution in [0.2, 0.25) is 5.02 Å². The third-order valence-electron chi connectivity index (χ3n) is 4.63. The molecule has 5 heteroatoms. The van der Waals surface area contributed by atoms with E-state index in [1.54, 1.807) is 0 Å². The summed E-state index contributed by atoms with van der Waals surface area (Å²) in [6, 6.07) is 24.3. The minimum atomic E-state index is 0.684. The molecule has 0 spiro atoms. The molecule has 3 aromatic carbocycles. The summed E-state index contributed by atoms with van der Waals surface area (Å²) in [7, 11) is 4.06. The molecular weight excluding hydrogens is 368 g/mol. The second-order valence-electron chi connectivity index (χ2n) is 6.86. The molecule has 140 valence electrons. The maximum atomic E-state index is 6.02. The molecule has 1 aromatic heterocycles. The van der Waals surface area contributed by atoms with Crippen molar-refractivity contribution in [3.05, 3.63) is 88.9 Å². The maximum Gasteiger partial charge on any atom is 0.230 e. The van der Waals surface area contributed by atoms with E-state index in [0.717, 1.165) is 32.9 Å². The molecular formula is C23H21ClN4. The van der Waals surface area contributed by atoms with Crippen LogP contribution in [0, 0.1) is 0 Å². The molecule has 0 amide bonds. The van der Waals surface area contributed by atoms with Crippen molar-refractivity contribution in [2.45, 2.75) is 6.54 Å². The first-order valence-electron chi connectivity index (χ1n) is 9.11. The Kier molecular flexibility index (Phi) is 5.13. The fourth-order valence-electron chi connectivity index (χ4n) is 3.08. The SMILES string of the molecule is CN(C)c1ccc(/C=N\c2nc3ccccc3n2Cc2ccc(Cl)cc2)cc1. The van der Waals surface area contributed by atoms with Gasteiger partial charge in [-0.2, -0.15) is 0 Å². The predicted molar refractivity (Wildman–Crippen MR) is 118 cm³/mol. The number of hydrogen-bond donors (Lipinski definition) is 0. The summed E-state index contributed by atoms with van der Waals surface area (Å²) in [4.78, 5) is 11.5. The van der Waals surface area contributed by atoms with Crippen molar-refractivity contribution >= 4 is 40.5 Å². The second-order valence-corrected chi connectivity index (χ2v) is 7.29. The summed E-state index contributed by atoms with van der Waals surface area (Å²) in [5.41, 5.74) is 5.35. The molecule has 0 unspecified atom stereocenters. The van der Waals surface area contributed by atoms with E-state index in [4.69, 9.17) is 16.6 Å². The Morgan fingerprint density at radius 2 is 1.68 bits per heavy atom. The quantitative estimate of drug-likeness (QED) is 0.420. The summed E-state index contributed by atoms with van der Waals surface area (Å²) < 4.78 is 2.13. The van der Waals surface area contributed by atoms with Crippen molar-refractivity contribution < 1.29 is 0 Å². The lowest BCUT2D eigenvalue weighted by Crippen LogP contribution is -2.08. The summed E-state index contributed by atoms with van der Waals surface area (Å²) in [5.74, 6) is 0.688. The molecule has 0 atom stereocenters. The first-order chi connectivity index (χ1) is 13.6. The van der Waals surface area contributed by atoms with Gasteiger partial charge in [0.05, 0.1) is 17.6 Å². The minimum Gasteiger partial charge on any atom is -0.378 e. The highest BCUT2D eigenvalue weighted by molar-refractivity contribution is 6.30. The molecule has 0 bridgehead atoms. The van der Waals surface area contributed by atoms with E-state index in [2.05, 4.69) is 44.8 Å². The molecule has 0 saturated heterocycles. The number of anilines is 1. The predicted octanol–water partition coefficient (Wildman–Crippen LogP) is 5.55. The number of benzene rings is 3. The van der Waals surface area contributed by atoms with Gasteiger partial charge in [-0.25, -0.2) is 9.98 Å². The first-order valence-corrected chi connectivity index (χ1v) is 9.49. The van der Waals surface area contributed by atoms with Crippen molar-refractivity contribution in [3.8, 4) is 0 Å². The Morgan fingerprint density at radius 1 is 0.964 bits per heavy atom. The van der Waals surface area contributed by atoms with Crippen LogP contribution in [0.3, 0.4) is 0 Å². The van der Waals surface area contributed by atoms with E-state index in [1.165, 1.54) is 0 Å². The normalized spacial score (nSPS) is 11.4. The third-order valence-corrected chi connectivity index (χ3v) is 4.88. The highest BCUT2D eigenvalue weighted by atomic mass is 35.5. The van der Waals surface area contributed by atoms with Crippen LogP contribution < -0.4 is 4.90 Å². The van der Waals surface area contributed by atoms with Crippen molar-refractivity contribution in [1.29, 1.82) is 0 Å². The summed E-state index contributed by atoms with van der Waals surface area (Å²) in [6.07, 6.45) is 1.86. The summed E-state index contributed by atoms with van der Waals surface area (Å²) in [6.45, 7) is 0.684. The van der Waals surface area contributed by atoms with Crippen LogP contribution in [0.15, 0.2) is 77.8 Å². The number of fused-ring (bicyclic) bond motifs is 1. The number of para-hydroxylation sites is 2. The third kappa shape index (κ3) is 3.92. The number of rotatable bonds is 5. The Balaban J connectivity index is 1.68. The zero-order chi connectivity index (χ0) is 19.5. The molecule has 0 radical (unpaired) electrons. The van der Waals surface area contributed by atoms with Gasteiger partial charge >= 0.3 is 0 Å². The average Bonchev–Trinajstić information content (AvgIpc) is 3.06. The smallest absolute Gasteiger partial charge is 0.230 e. The van der Waals surface area contributed by atoms with Crippen LogP contribution >= 0.6 is 11.6 Å². The molecule has 1 heterocycles. The summed E-state index contributed by atoms with van der Waals surface area (Å²) in [5, 5.41) is 0.735. The molecule has 0 aliphatic carbocycles. The van der Waals surface area contributed by atoms with E-state index in [-0.39, 0.29) is 0 Å². The van der Waals surface area contributed by atoms with Crippen LogP contribution in [0.1, 0.15) is 11.1 Å². The maximum absolute atomic E-state index is 6.02. The average molecular weight is 389 g/mol. The van der Waals surface area contributed by atoms with Crippen molar-refractivity contribution in [3.63, 3.8) is 0 Å². The molecule has 0 N–H and O–H groups in total. The van der Waals surface area contributed by atoms with Gasteiger partial charge in [-0.3, -0.25) is 0 Å². The number of imidazole rings is 1. The highest BCUT2D eigenvalue weighted by Crippen LogP contribution is 2.24. The molecule has 0 fully saturated rings. The number of nitrogens with zero attached hydrogens (tertiary/aromatic N) is 4. The Labute approximate surface area is 169 Å². The first kappa shape index (κ1) is 18.3. The standard InChI is InChI=1S/C23H21ClN4/c1-27(2)20-13-9-17(10-14-20)15-25-23-26-21-5-3-4-6-22(21)28(23)16-18-7-11-19(24)12-8-18/h3-15H,16H2,1-2H3/b25-15-. The van der Waals surface area contributed by atoms with Crippen LogP contribution in [0.5, 0.6) is 0 Å². The van der Waals surface area contributed by atoms with E-state index >= 15 is 0 Å². The van der Waals surface area contributed by atoms with Gasteiger partial charge in [0, 0.05) is 31.0 Å². The van der Waals surface area contributed by atoms with Crippen molar-refractivity contribution in [2.24, 2.45) is 4.99 Å². The Hall–Kier alpha value is -3.11. The lowest BCUT2D eigenvalue weighted by molar-refractivity contribution is 0.827. The van der Waals surface area contributed by atoms with Gasteiger partial charge in [-0.1, -0.05) is 48.0 Å². The minimum absolute atomic E-state index is 0.684. The van der Waals surface area contributed by atoms with Crippen molar-refractivity contribution in [2.75, 3.05) is 19.0 Å². The lowest BCUT2D eigenvalue weighted by Gasteiger charge is -2.11. The lowest BCUT2D eigenvalue weighted by atomic mass is 10.2. The van der Waals surface area contributed by atoms with Crippen LogP contribution in [0.4, 0.5) is 11.6 Å². The summed E-state index contributed by atoms with van der Waals surface area (Å²) >= 11 is 6.02. The van der Waals surface area contributed by atoms with Gasteiger partial charge in [0.15, 0.2) is 0 Å². The largest absolute Gasteiger partial charge is 0.378 e. The van der Waals surface area contributed by atoms with Crippen LogP contribution in [-0.4, -0.2) is 29.9 Å². The number of hydrogen-bond acceptors (Lipinski definition) is 3. The van der Waals surface area contributed by atoms with E-state index < -0.39 is 0 Å². The van der Waals surface area contributed by atoms with Gasteiger partial charge in [0.1, 0.15) is 0 Å². The van der Waals surface area contributed by atoms with Crippen LogP contribution in [0.25, 0.3) is 11.0 Å². The van der Waals surface area contributed by atoms with E-state index in [1.807, 2.05) is 62.8 Å². The molecule has 4 rings (SSSR count). The second kappa shape index (κ2) is 7.87. The van der Waals surface area contributed by atoms with Gasteiger partial charge in [0.2, 0.25) is 5.95 Å². The van der Waals surface area contributed by atoms with Gasteiger partial charge < -0.3 is 9.47 Å². The van der Waals surface area contributed by atoms with E-state index in [9.17, 15) is 0 Å². The fourth-order valence-corrected chi connectivity index (χ4v) is 3.21. The van der Waals surface area contributed by atoms with Gasteiger partial charge in [-0.05, 0) is 47.5 Å². The molecule has 0 aliphatic rings. The Morgan fingerprint density at radius 3 is 2.39 bits per heavy atom. The van der Waals surface area contributed by atoms with E-state index in [0.29, 0.717) is 12.5 Å². The topological polar surface area (TPSA) is 33.4 Å². The molecule has 4 aromatic rings. The van der Waals surface area contributed by atoms with Gasteiger partial charge in [-0.15, -0.1) is 0 Å². The Bertz CT molecular complexity index is 1110. The number of aromatic nitrogens is 2.